The third-order valence-electron chi connectivity index (χ3n) is 2.56. The van der Waals surface area contributed by atoms with Crippen molar-refractivity contribution in [2.45, 2.75) is 13.3 Å². The fourth-order valence-electron chi connectivity index (χ4n) is 1.57. The molecule has 0 saturated heterocycles. The maximum Gasteiger partial charge on any atom is 0.213 e. The minimum Gasteiger partial charge on any atom is -0.481 e. The van der Waals surface area contributed by atoms with Gasteiger partial charge in [0.1, 0.15) is 11.5 Å². The molecule has 5 heteroatoms. The lowest BCUT2D eigenvalue weighted by atomic mass is 10.3. The van der Waals surface area contributed by atoms with Crippen LogP contribution in [0, 0.1) is 0 Å². The van der Waals surface area contributed by atoms with Crippen molar-refractivity contribution in [1.29, 1.82) is 0 Å². The Labute approximate surface area is 106 Å². The Morgan fingerprint density at radius 1 is 1.22 bits per heavy atom. The van der Waals surface area contributed by atoms with Gasteiger partial charge >= 0.3 is 0 Å². The molecule has 0 spiro atoms. The van der Waals surface area contributed by atoms with Crippen molar-refractivity contribution in [2.24, 2.45) is 0 Å². The van der Waals surface area contributed by atoms with E-state index in [9.17, 15) is 0 Å². The minimum atomic E-state index is 0.559. The van der Waals surface area contributed by atoms with Crippen LogP contribution in [0.15, 0.2) is 24.3 Å². The van der Waals surface area contributed by atoms with Crippen molar-refractivity contribution in [3.63, 3.8) is 0 Å². The van der Waals surface area contributed by atoms with Gasteiger partial charge in [-0.1, -0.05) is 13.0 Å². The maximum atomic E-state index is 5.11. The summed E-state index contributed by atoms with van der Waals surface area (Å²) in [4.78, 5) is 13.2. The van der Waals surface area contributed by atoms with Gasteiger partial charge in [0.15, 0.2) is 5.82 Å². The standard InChI is InChI=1S/C13H16N4O/c1-4-9-8-11(14-2)17-13(15-9)10-6-5-7-12(16-10)18-3/h5-8H,4H2,1-3H3,(H,14,15,17). The molecule has 0 aromatic carbocycles. The third-order valence-corrected chi connectivity index (χ3v) is 2.56. The highest BCUT2D eigenvalue weighted by molar-refractivity contribution is 5.53. The summed E-state index contributed by atoms with van der Waals surface area (Å²) in [6.07, 6.45) is 0.855. The molecule has 2 rings (SSSR count). The smallest absolute Gasteiger partial charge is 0.213 e. The van der Waals surface area contributed by atoms with Crippen molar-refractivity contribution in [3.05, 3.63) is 30.0 Å². The average molecular weight is 244 g/mol. The summed E-state index contributed by atoms with van der Waals surface area (Å²) in [6.45, 7) is 2.06. The van der Waals surface area contributed by atoms with E-state index < -0.39 is 0 Å². The third kappa shape index (κ3) is 2.56. The Balaban J connectivity index is 2.48. The Hall–Kier alpha value is -2.17. The maximum absolute atomic E-state index is 5.11. The van der Waals surface area contributed by atoms with E-state index in [0.29, 0.717) is 17.4 Å². The normalized spacial score (nSPS) is 10.2. The van der Waals surface area contributed by atoms with E-state index in [2.05, 4.69) is 27.2 Å². The molecular weight excluding hydrogens is 228 g/mol. The first kappa shape index (κ1) is 12.3. The molecule has 2 aromatic rings. The number of methoxy groups -OCH3 is 1. The number of nitrogens with zero attached hydrogens (tertiary/aromatic N) is 3. The molecule has 0 aliphatic carbocycles. The Kier molecular flexibility index (Phi) is 3.72. The molecule has 0 radical (unpaired) electrons. The number of nitrogens with one attached hydrogen (secondary N) is 1. The lowest BCUT2D eigenvalue weighted by Gasteiger charge is -2.07. The van der Waals surface area contributed by atoms with E-state index in [1.165, 1.54) is 0 Å². The van der Waals surface area contributed by atoms with Gasteiger partial charge in [-0.25, -0.2) is 15.0 Å². The van der Waals surface area contributed by atoms with Gasteiger partial charge in [-0.15, -0.1) is 0 Å². The van der Waals surface area contributed by atoms with Crippen LogP contribution in [0.1, 0.15) is 12.6 Å². The summed E-state index contributed by atoms with van der Waals surface area (Å²) in [5, 5.41) is 3.03. The number of hydrogen-bond donors (Lipinski definition) is 1. The molecule has 0 aliphatic heterocycles. The first-order valence-electron chi connectivity index (χ1n) is 5.84. The molecule has 2 heterocycles. The molecule has 94 valence electrons. The average Bonchev–Trinajstić information content (AvgIpc) is 2.46. The summed E-state index contributed by atoms with van der Waals surface area (Å²) in [5.41, 5.74) is 1.69. The molecule has 0 bridgehead atoms. The number of aromatic nitrogens is 3. The van der Waals surface area contributed by atoms with Gasteiger partial charge in [0.25, 0.3) is 0 Å². The quantitative estimate of drug-likeness (QED) is 0.893. The van der Waals surface area contributed by atoms with Crippen LogP contribution in [0.4, 0.5) is 5.82 Å². The molecule has 0 aliphatic rings. The first-order valence-corrected chi connectivity index (χ1v) is 5.84. The SMILES string of the molecule is CCc1cc(NC)nc(-c2cccc(OC)n2)n1. The van der Waals surface area contributed by atoms with Gasteiger partial charge in [0.2, 0.25) is 5.88 Å². The number of aryl methyl sites for hydroxylation is 1. The van der Waals surface area contributed by atoms with Gasteiger partial charge < -0.3 is 10.1 Å². The van der Waals surface area contributed by atoms with E-state index in [1.807, 2.05) is 25.2 Å². The topological polar surface area (TPSA) is 59.9 Å². The zero-order chi connectivity index (χ0) is 13.0. The summed E-state index contributed by atoms with van der Waals surface area (Å²) < 4.78 is 5.11. The fraction of sp³-hybridized carbons (Fsp3) is 0.308. The van der Waals surface area contributed by atoms with Crippen molar-refractivity contribution >= 4 is 5.82 Å². The van der Waals surface area contributed by atoms with Gasteiger partial charge in [-0.05, 0) is 12.5 Å². The highest BCUT2D eigenvalue weighted by atomic mass is 16.5. The van der Waals surface area contributed by atoms with E-state index >= 15 is 0 Å². The molecule has 5 nitrogen and oxygen atoms in total. The van der Waals surface area contributed by atoms with Crippen LogP contribution in [-0.4, -0.2) is 29.1 Å². The van der Waals surface area contributed by atoms with E-state index in [4.69, 9.17) is 4.74 Å². The largest absolute Gasteiger partial charge is 0.481 e. The van der Waals surface area contributed by atoms with Gasteiger partial charge in [0.05, 0.1) is 7.11 Å². The van der Waals surface area contributed by atoms with Crippen molar-refractivity contribution in [3.8, 4) is 17.4 Å². The van der Waals surface area contributed by atoms with Crippen LogP contribution in [-0.2, 0) is 6.42 Å². The number of hydrogen-bond acceptors (Lipinski definition) is 5. The van der Waals surface area contributed by atoms with Crippen LogP contribution in [0.2, 0.25) is 0 Å². The lowest BCUT2D eigenvalue weighted by Crippen LogP contribution is -2.01. The predicted molar refractivity (Wildman–Crippen MR) is 70.7 cm³/mol. The van der Waals surface area contributed by atoms with Crippen molar-refractivity contribution in [2.75, 3.05) is 19.5 Å². The van der Waals surface area contributed by atoms with Crippen LogP contribution in [0.5, 0.6) is 5.88 Å². The van der Waals surface area contributed by atoms with E-state index in [0.717, 1.165) is 17.9 Å². The van der Waals surface area contributed by atoms with Crippen LogP contribution in [0.25, 0.3) is 11.5 Å². The van der Waals surface area contributed by atoms with Crippen LogP contribution >= 0.6 is 0 Å². The zero-order valence-electron chi connectivity index (χ0n) is 10.8. The lowest BCUT2D eigenvalue weighted by molar-refractivity contribution is 0.398. The van der Waals surface area contributed by atoms with Crippen LogP contribution in [0.3, 0.4) is 0 Å². The predicted octanol–water partition coefficient (Wildman–Crippen LogP) is 2.15. The monoisotopic (exact) mass is 244 g/mol. The number of ether oxygens (including phenoxy) is 1. The van der Waals surface area contributed by atoms with Gasteiger partial charge in [-0.3, -0.25) is 0 Å². The van der Waals surface area contributed by atoms with Crippen LogP contribution < -0.4 is 10.1 Å². The second-order valence-electron chi connectivity index (χ2n) is 3.74. The Bertz CT molecular complexity index is 520. The molecule has 18 heavy (non-hydrogen) atoms. The summed E-state index contributed by atoms with van der Waals surface area (Å²) in [7, 11) is 3.43. The molecule has 2 aromatic heterocycles. The fourth-order valence-corrected chi connectivity index (χ4v) is 1.57. The second-order valence-corrected chi connectivity index (χ2v) is 3.74. The number of rotatable bonds is 4. The van der Waals surface area contributed by atoms with Crippen molar-refractivity contribution < 1.29 is 4.74 Å². The second kappa shape index (κ2) is 5.44. The summed E-state index contributed by atoms with van der Waals surface area (Å²) >= 11 is 0. The molecular formula is C13H16N4O. The minimum absolute atomic E-state index is 0.559. The van der Waals surface area contributed by atoms with E-state index in [1.54, 1.807) is 13.2 Å². The van der Waals surface area contributed by atoms with Gasteiger partial charge in [0, 0.05) is 24.9 Å². The highest BCUT2D eigenvalue weighted by Gasteiger charge is 2.07. The highest BCUT2D eigenvalue weighted by Crippen LogP contribution is 2.18. The molecule has 0 fully saturated rings. The molecule has 0 atom stereocenters. The Morgan fingerprint density at radius 2 is 2.06 bits per heavy atom. The summed E-state index contributed by atoms with van der Waals surface area (Å²) in [5.74, 6) is 1.96. The van der Waals surface area contributed by atoms with E-state index in [-0.39, 0.29) is 0 Å². The molecule has 0 unspecified atom stereocenters. The molecule has 1 N–H and O–H groups in total. The Morgan fingerprint density at radius 3 is 2.72 bits per heavy atom. The summed E-state index contributed by atoms with van der Waals surface area (Å²) in [6, 6.07) is 7.48. The first-order chi connectivity index (χ1) is 8.76. The van der Waals surface area contributed by atoms with Crippen molar-refractivity contribution in [1.82, 2.24) is 15.0 Å². The number of anilines is 1. The zero-order valence-corrected chi connectivity index (χ0v) is 10.8. The molecule has 0 saturated carbocycles. The number of pyridine rings is 1. The molecule has 0 amide bonds. The van der Waals surface area contributed by atoms with Gasteiger partial charge in [-0.2, -0.15) is 0 Å².